The minimum absolute atomic E-state index is 0.259. The van der Waals surface area contributed by atoms with Crippen LogP contribution in [0.5, 0.6) is 0 Å². The Morgan fingerprint density at radius 2 is 2.22 bits per heavy atom. The van der Waals surface area contributed by atoms with Crippen LogP contribution in [0.15, 0.2) is 5.16 Å². The standard InChI is InChI=1S/C6H13NO2/c1-5(2)6(7-8)4-9-3/h5,8H,4H2,1-3H3/b7-6-. The first kappa shape index (κ1) is 8.43. The summed E-state index contributed by atoms with van der Waals surface area (Å²) in [5.74, 6) is 0.259. The normalized spacial score (nSPS) is 12.7. The van der Waals surface area contributed by atoms with Gasteiger partial charge in [-0.1, -0.05) is 19.0 Å². The molecule has 0 aliphatic rings. The molecule has 0 aromatic rings. The number of ether oxygens (including phenoxy) is 1. The number of hydrogen-bond donors (Lipinski definition) is 1. The quantitative estimate of drug-likeness (QED) is 0.354. The molecule has 0 saturated carbocycles. The zero-order valence-electron chi connectivity index (χ0n) is 6.09. The molecular weight excluding hydrogens is 118 g/mol. The number of oxime groups is 1. The van der Waals surface area contributed by atoms with Gasteiger partial charge in [0.05, 0.1) is 12.3 Å². The van der Waals surface area contributed by atoms with E-state index in [2.05, 4.69) is 5.16 Å². The van der Waals surface area contributed by atoms with Crippen LogP contribution in [0.2, 0.25) is 0 Å². The highest BCUT2D eigenvalue weighted by Crippen LogP contribution is 1.95. The third kappa shape index (κ3) is 3.08. The molecule has 0 spiro atoms. The topological polar surface area (TPSA) is 41.8 Å². The molecule has 0 rings (SSSR count). The average molecular weight is 131 g/mol. The van der Waals surface area contributed by atoms with Gasteiger partial charge in [-0.05, 0) is 5.92 Å². The van der Waals surface area contributed by atoms with Crippen molar-refractivity contribution in [1.82, 2.24) is 0 Å². The molecule has 3 heteroatoms. The zero-order chi connectivity index (χ0) is 7.28. The van der Waals surface area contributed by atoms with Gasteiger partial charge >= 0.3 is 0 Å². The van der Waals surface area contributed by atoms with Crippen molar-refractivity contribution in [2.75, 3.05) is 13.7 Å². The molecule has 0 unspecified atom stereocenters. The Morgan fingerprint density at radius 3 is 2.33 bits per heavy atom. The van der Waals surface area contributed by atoms with Gasteiger partial charge in [-0.3, -0.25) is 0 Å². The molecule has 54 valence electrons. The lowest BCUT2D eigenvalue weighted by Crippen LogP contribution is -2.13. The van der Waals surface area contributed by atoms with Crippen molar-refractivity contribution in [1.29, 1.82) is 0 Å². The monoisotopic (exact) mass is 131 g/mol. The Labute approximate surface area is 55.3 Å². The minimum Gasteiger partial charge on any atom is -0.411 e. The van der Waals surface area contributed by atoms with Gasteiger partial charge in [0.15, 0.2) is 0 Å². The summed E-state index contributed by atoms with van der Waals surface area (Å²) in [5, 5.41) is 11.4. The van der Waals surface area contributed by atoms with Crippen LogP contribution in [0.25, 0.3) is 0 Å². The van der Waals surface area contributed by atoms with Gasteiger partial charge in [-0.15, -0.1) is 0 Å². The smallest absolute Gasteiger partial charge is 0.0880 e. The highest BCUT2D eigenvalue weighted by molar-refractivity contribution is 5.86. The molecule has 3 nitrogen and oxygen atoms in total. The van der Waals surface area contributed by atoms with Crippen LogP contribution in [0.4, 0.5) is 0 Å². The van der Waals surface area contributed by atoms with Crippen molar-refractivity contribution in [2.24, 2.45) is 11.1 Å². The van der Waals surface area contributed by atoms with E-state index in [1.807, 2.05) is 13.8 Å². The van der Waals surface area contributed by atoms with Crippen molar-refractivity contribution in [2.45, 2.75) is 13.8 Å². The molecule has 0 aliphatic carbocycles. The van der Waals surface area contributed by atoms with E-state index < -0.39 is 0 Å². The van der Waals surface area contributed by atoms with Crippen LogP contribution in [0, 0.1) is 5.92 Å². The third-order valence-corrected chi connectivity index (χ3v) is 1.09. The molecule has 0 aromatic carbocycles. The minimum atomic E-state index is 0.259. The summed E-state index contributed by atoms with van der Waals surface area (Å²) in [6.45, 7) is 4.32. The first-order chi connectivity index (χ1) is 4.22. The summed E-state index contributed by atoms with van der Waals surface area (Å²) >= 11 is 0. The largest absolute Gasteiger partial charge is 0.411 e. The average Bonchev–Trinajstić information content (AvgIpc) is 1.82. The summed E-state index contributed by atoms with van der Waals surface area (Å²) in [6, 6.07) is 0. The van der Waals surface area contributed by atoms with Crippen LogP contribution < -0.4 is 0 Å². The molecule has 0 saturated heterocycles. The highest BCUT2D eigenvalue weighted by atomic mass is 16.5. The van der Waals surface area contributed by atoms with Gasteiger partial charge in [0.1, 0.15) is 0 Å². The summed E-state index contributed by atoms with van der Waals surface area (Å²) in [5.41, 5.74) is 0.678. The van der Waals surface area contributed by atoms with E-state index in [4.69, 9.17) is 9.94 Å². The van der Waals surface area contributed by atoms with E-state index in [1.54, 1.807) is 7.11 Å². The van der Waals surface area contributed by atoms with E-state index in [0.717, 1.165) is 0 Å². The Morgan fingerprint density at radius 1 is 1.67 bits per heavy atom. The fraction of sp³-hybridized carbons (Fsp3) is 0.833. The molecule has 0 atom stereocenters. The van der Waals surface area contributed by atoms with Gasteiger partial charge in [0, 0.05) is 7.11 Å². The summed E-state index contributed by atoms with van der Waals surface area (Å²) < 4.78 is 4.77. The second-order valence-electron chi connectivity index (χ2n) is 2.18. The predicted octanol–water partition coefficient (Wildman–Crippen LogP) is 1.12. The van der Waals surface area contributed by atoms with Crippen LogP contribution >= 0.6 is 0 Å². The maximum atomic E-state index is 8.34. The van der Waals surface area contributed by atoms with Gasteiger partial charge < -0.3 is 9.94 Å². The number of rotatable bonds is 3. The lowest BCUT2D eigenvalue weighted by molar-refractivity contribution is 0.232. The van der Waals surface area contributed by atoms with Gasteiger partial charge in [-0.25, -0.2) is 0 Å². The Balaban J connectivity index is 3.70. The number of nitrogens with zero attached hydrogens (tertiary/aromatic N) is 1. The van der Waals surface area contributed by atoms with Crippen LogP contribution in [0.1, 0.15) is 13.8 Å². The van der Waals surface area contributed by atoms with Gasteiger partial charge in [0.2, 0.25) is 0 Å². The summed E-state index contributed by atoms with van der Waals surface area (Å²) in [6.07, 6.45) is 0. The van der Waals surface area contributed by atoms with Gasteiger partial charge in [0.25, 0.3) is 0 Å². The second kappa shape index (κ2) is 4.32. The van der Waals surface area contributed by atoms with Gasteiger partial charge in [-0.2, -0.15) is 0 Å². The number of methoxy groups -OCH3 is 1. The van der Waals surface area contributed by atoms with E-state index >= 15 is 0 Å². The Bertz CT molecular complexity index is 99.2. The lowest BCUT2D eigenvalue weighted by atomic mass is 10.1. The Kier molecular flexibility index (Phi) is 4.05. The molecule has 0 amide bonds. The zero-order valence-corrected chi connectivity index (χ0v) is 6.09. The molecule has 0 heterocycles. The molecule has 0 aliphatic heterocycles. The van der Waals surface area contributed by atoms with Crippen molar-refractivity contribution in [3.05, 3.63) is 0 Å². The summed E-state index contributed by atoms with van der Waals surface area (Å²) in [4.78, 5) is 0. The Hall–Kier alpha value is -0.570. The molecule has 0 bridgehead atoms. The van der Waals surface area contributed by atoms with Crippen LogP contribution in [0.3, 0.4) is 0 Å². The fourth-order valence-corrected chi connectivity index (χ4v) is 0.459. The first-order valence-corrected chi connectivity index (χ1v) is 2.92. The predicted molar refractivity (Wildman–Crippen MR) is 35.9 cm³/mol. The molecule has 0 radical (unpaired) electrons. The SMILES string of the molecule is COC/C(=N/O)C(C)C. The lowest BCUT2D eigenvalue weighted by Gasteiger charge is -2.04. The van der Waals surface area contributed by atoms with Crippen LogP contribution in [-0.4, -0.2) is 24.6 Å². The highest BCUT2D eigenvalue weighted by Gasteiger charge is 2.03. The van der Waals surface area contributed by atoms with E-state index in [0.29, 0.717) is 12.3 Å². The molecule has 0 aromatic heterocycles. The maximum absolute atomic E-state index is 8.34. The van der Waals surface area contributed by atoms with Crippen molar-refractivity contribution in [3.63, 3.8) is 0 Å². The maximum Gasteiger partial charge on any atom is 0.0880 e. The van der Waals surface area contributed by atoms with Crippen molar-refractivity contribution in [3.8, 4) is 0 Å². The molecular formula is C6H13NO2. The van der Waals surface area contributed by atoms with Crippen molar-refractivity contribution >= 4 is 5.71 Å². The first-order valence-electron chi connectivity index (χ1n) is 2.92. The van der Waals surface area contributed by atoms with E-state index in [-0.39, 0.29) is 5.92 Å². The molecule has 1 N–H and O–H groups in total. The second-order valence-corrected chi connectivity index (χ2v) is 2.18. The molecule has 0 fully saturated rings. The summed E-state index contributed by atoms with van der Waals surface area (Å²) in [7, 11) is 1.58. The van der Waals surface area contributed by atoms with Crippen molar-refractivity contribution < 1.29 is 9.94 Å². The van der Waals surface area contributed by atoms with E-state index in [9.17, 15) is 0 Å². The van der Waals surface area contributed by atoms with Crippen LogP contribution in [-0.2, 0) is 4.74 Å². The third-order valence-electron chi connectivity index (χ3n) is 1.09. The number of hydrogen-bond acceptors (Lipinski definition) is 3. The van der Waals surface area contributed by atoms with E-state index in [1.165, 1.54) is 0 Å². The fourth-order valence-electron chi connectivity index (χ4n) is 0.459. The molecule has 9 heavy (non-hydrogen) atoms.